The SMILES string of the molecule is O=C1OI(OC(=O)C23CC4CC(C2)C(=O)C(C4)C3)c2ccccc21. The number of rotatable bonds is 2. The van der Waals surface area contributed by atoms with Crippen LogP contribution >= 0.6 is 20.6 Å². The van der Waals surface area contributed by atoms with Gasteiger partial charge in [-0.25, -0.2) is 0 Å². The first-order valence-corrected chi connectivity index (χ1v) is 11.2. The molecule has 0 spiro atoms. The van der Waals surface area contributed by atoms with E-state index in [1.165, 1.54) is 0 Å². The van der Waals surface area contributed by atoms with Crippen LogP contribution in [0.5, 0.6) is 0 Å². The molecule has 1 heterocycles. The van der Waals surface area contributed by atoms with Crippen LogP contribution in [0.15, 0.2) is 24.3 Å². The molecule has 1 aromatic rings. The molecule has 1 aliphatic heterocycles. The molecule has 0 amide bonds. The Labute approximate surface area is 147 Å². The van der Waals surface area contributed by atoms with Crippen LogP contribution in [0.3, 0.4) is 0 Å². The van der Waals surface area contributed by atoms with Gasteiger partial charge in [0, 0.05) is 0 Å². The number of carbonyl (C=O) groups excluding carboxylic acids is 3. The van der Waals surface area contributed by atoms with Crippen LogP contribution in [0.2, 0.25) is 0 Å². The Kier molecular flexibility index (Phi) is 3.12. The fraction of sp³-hybridized carbons (Fsp3) is 0.500. The number of hydrogen-bond donors (Lipinski definition) is 0. The summed E-state index contributed by atoms with van der Waals surface area (Å²) in [5.74, 6) is 0.270. The van der Waals surface area contributed by atoms with E-state index in [2.05, 4.69) is 0 Å². The average molecular weight is 440 g/mol. The minimum atomic E-state index is -2.73. The Balaban J connectivity index is 1.40. The van der Waals surface area contributed by atoms with Crippen LogP contribution in [0.4, 0.5) is 0 Å². The number of halogens is 1. The van der Waals surface area contributed by atoms with E-state index < -0.39 is 26.1 Å². The van der Waals surface area contributed by atoms with E-state index in [9.17, 15) is 14.4 Å². The van der Waals surface area contributed by atoms with Crippen molar-refractivity contribution in [3.63, 3.8) is 0 Å². The van der Waals surface area contributed by atoms with Crippen LogP contribution < -0.4 is 0 Å². The maximum absolute atomic E-state index is 13.0. The molecule has 2 atom stereocenters. The van der Waals surface area contributed by atoms with Gasteiger partial charge < -0.3 is 0 Å². The predicted octanol–water partition coefficient (Wildman–Crippen LogP) is 3.30. The Bertz CT molecular complexity index is 754. The van der Waals surface area contributed by atoms with Crippen molar-refractivity contribution in [1.29, 1.82) is 0 Å². The molecule has 2 unspecified atom stereocenters. The van der Waals surface area contributed by atoms with Crippen LogP contribution in [0.1, 0.15) is 42.5 Å². The number of benzene rings is 1. The fourth-order valence-corrected chi connectivity index (χ4v) is 8.48. The van der Waals surface area contributed by atoms with Crippen LogP contribution in [-0.2, 0) is 15.7 Å². The first-order valence-electron chi connectivity index (χ1n) is 8.34. The third kappa shape index (κ3) is 2.01. The van der Waals surface area contributed by atoms with Crippen LogP contribution in [0, 0.1) is 26.7 Å². The molecule has 4 aliphatic carbocycles. The third-order valence-corrected chi connectivity index (χ3v) is 9.46. The second-order valence-electron chi connectivity index (χ2n) is 7.45. The molecule has 1 aromatic carbocycles. The van der Waals surface area contributed by atoms with Crippen molar-refractivity contribution in [3.8, 4) is 0 Å². The Morgan fingerprint density at radius 1 is 1.12 bits per heavy atom. The van der Waals surface area contributed by atoms with Gasteiger partial charge in [0.1, 0.15) is 0 Å². The summed E-state index contributed by atoms with van der Waals surface area (Å²) in [6.07, 6.45) is 3.94. The van der Waals surface area contributed by atoms with E-state index >= 15 is 0 Å². The molecule has 0 radical (unpaired) electrons. The van der Waals surface area contributed by atoms with Crippen molar-refractivity contribution in [2.24, 2.45) is 23.2 Å². The molecular weight excluding hydrogens is 423 g/mol. The molecule has 5 aliphatic rings. The van der Waals surface area contributed by atoms with Crippen LogP contribution in [-0.4, -0.2) is 17.7 Å². The zero-order chi connectivity index (χ0) is 16.5. The summed E-state index contributed by atoms with van der Waals surface area (Å²) in [5.41, 5.74) is 0.00226. The summed E-state index contributed by atoms with van der Waals surface area (Å²) in [5, 5.41) is 0. The second-order valence-corrected chi connectivity index (χ2v) is 10.7. The van der Waals surface area contributed by atoms with Gasteiger partial charge in [-0.1, -0.05) is 0 Å². The van der Waals surface area contributed by atoms with E-state index in [1.807, 2.05) is 12.1 Å². The van der Waals surface area contributed by atoms with Crippen molar-refractivity contribution >= 4 is 38.4 Å². The van der Waals surface area contributed by atoms with E-state index in [0.717, 1.165) is 22.8 Å². The quantitative estimate of drug-likeness (QED) is 0.661. The summed E-state index contributed by atoms with van der Waals surface area (Å²) >= 11 is -2.73. The third-order valence-electron chi connectivity index (χ3n) is 5.97. The van der Waals surface area contributed by atoms with Gasteiger partial charge in [-0.3, -0.25) is 0 Å². The van der Waals surface area contributed by atoms with Gasteiger partial charge in [0.2, 0.25) is 0 Å². The molecule has 4 bridgehead atoms. The molecule has 6 rings (SSSR count). The maximum atomic E-state index is 13.0. The number of fused-ring (bicyclic) bond motifs is 1. The van der Waals surface area contributed by atoms with Gasteiger partial charge in [0.05, 0.1) is 0 Å². The molecule has 126 valence electrons. The topological polar surface area (TPSA) is 69.7 Å². The van der Waals surface area contributed by atoms with Crippen molar-refractivity contribution in [1.82, 2.24) is 0 Å². The fourth-order valence-electron chi connectivity index (χ4n) is 5.11. The molecule has 0 saturated heterocycles. The monoisotopic (exact) mass is 440 g/mol. The molecule has 4 fully saturated rings. The summed E-state index contributed by atoms with van der Waals surface area (Å²) < 4.78 is 12.0. The molecule has 0 aromatic heterocycles. The molecule has 6 heteroatoms. The Hall–Kier alpha value is -1.44. The van der Waals surface area contributed by atoms with E-state index in [0.29, 0.717) is 30.1 Å². The van der Waals surface area contributed by atoms with E-state index in [4.69, 9.17) is 6.13 Å². The first kappa shape index (κ1) is 14.9. The summed E-state index contributed by atoms with van der Waals surface area (Å²) in [6, 6.07) is 7.16. The number of hydrogen-bond acceptors (Lipinski definition) is 5. The summed E-state index contributed by atoms with van der Waals surface area (Å²) in [4.78, 5) is 37.2. The van der Waals surface area contributed by atoms with Crippen molar-refractivity contribution in [2.75, 3.05) is 0 Å². The molecular formula is C18H17IO5. The van der Waals surface area contributed by atoms with Gasteiger partial charge in [-0.15, -0.1) is 0 Å². The van der Waals surface area contributed by atoms with Gasteiger partial charge in [0.15, 0.2) is 0 Å². The zero-order valence-electron chi connectivity index (χ0n) is 13.0. The minimum absolute atomic E-state index is 0.0333. The standard InChI is InChI=1S/C18H17IO5/c20-15-11-5-10-6-12(15)9-18(7-10,8-11)17(22)24-19-14-4-2-1-3-13(14)16(21)23-19/h1-4,10-12H,5-9H2. The van der Waals surface area contributed by atoms with Crippen molar-refractivity contribution < 1.29 is 20.5 Å². The van der Waals surface area contributed by atoms with E-state index in [1.54, 1.807) is 12.1 Å². The zero-order valence-corrected chi connectivity index (χ0v) is 15.2. The van der Waals surface area contributed by atoms with Gasteiger partial charge >= 0.3 is 148 Å². The normalized spacial score (nSPS) is 37.3. The number of carbonyl (C=O) groups is 3. The number of Topliss-reactive ketones (excluding diaryl/α,β-unsaturated/α-hetero) is 1. The number of ketones is 1. The van der Waals surface area contributed by atoms with Crippen molar-refractivity contribution in [2.45, 2.75) is 32.1 Å². The van der Waals surface area contributed by atoms with Gasteiger partial charge in [-0.05, 0) is 0 Å². The molecule has 5 nitrogen and oxygen atoms in total. The van der Waals surface area contributed by atoms with Gasteiger partial charge in [0.25, 0.3) is 0 Å². The second kappa shape index (κ2) is 5.03. The Morgan fingerprint density at radius 2 is 1.83 bits per heavy atom. The predicted molar refractivity (Wildman–Crippen MR) is 91.7 cm³/mol. The van der Waals surface area contributed by atoms with Crippen LogP contribution in [0.25, 0.3) is 0 Å². The molecule has 24 heavy (non-hydrogen) atoms. The van der Waals surface area contributed by atoms with Gasteiger partial charge in [-0.2, -0.15) is 0 Å². The van der Waals surface area contributed by atoms with Crippen molar-refractivity contribution in [3.05, 3.63) is 33.4 Å². The summed E-state index contributed by atoms with van der Waals surface area (Å²) in [6.45, 7) is 0. The van der Waals surface area contributed by atoms with E-state index in [-0.39, 0.29) is 23.8 Å². The first-order chi connectivity index (χ1) is 11.6. The Morgan fingerprint density at radius 3 is 2.58 bits per heavy atom. The molecule has 0 N–H and O–H groups in total. The average Bonchev–Trinajstić information content (AvgIpc) is 2.88. The molecule has 4 saturated carbocycles. The summed E-state index contributed by atoms with van der Waals surface area (Å²) in [7, 11) is 0.